The minimum atomic E-state index is -0.00365. The molecule has 0 radical (unpaired) electrons. The van der Waals surface area contributed by atoms with E-state index in [4.69, 9.17) is 4.74 Å². The molecule has 0 N–H and O–H groups in total. The molecular formula is C12H22O2. The van der Waals surface area contributed by atoms with Gasteiger partial charge in [0.1, 0.15) is 6.10 Å². The molecule has 0 bridgehead atoms. The number of rotatable bonds is 3. The first-order valence-corrected chi connectivity index (χ1v) is 5.76. The average molecular weight is 202 g/mol. The van der Waals surface area contributed by atoms with Crippen molar-refractivity contribution in [3.63, 3.8) is 0 Å². The third-order valence-electron chi connectivity index (χ3n) is 3.25. The number of ether oxygens (including phenoxy) is 1. The predicted molar refractivity (Wildman–Crippen MR) is 56.9 cm³/mol. The summed E-state index contributed by atoms with van der Waals surface area (Å²) in [6, 6.07) is 0. The molecule has 0 aromatic carbocycles. The van der Waals surface area contributed by atoms with E-state index in [-0.39, 0.29) is 18.0 Å². The Kier molecular flexibility index (Phi) is 3.97. The Balaban J connectivity index is 2.56. The van der Waals surface area contributed by atoms with Gasteiger partial charge in [0, 0.05) is 0 Å². The first-order chi connectivity index (χ1) is 6.56. The Morgan fingerprint density at radius 1 is 1.50 bits per heavy atom. The second-order valence-electron chi connectivity index (χ2n) is 4.78. The van der Waals surface area contributed by atoms with Gasteiger partial charge >= 0.3 is 5.97 Å². The largest absolute Gasteiger partial charge is 0.462 e. The number of carbonyl (C=O) groups is 1. The minimum absolute atomic E-state index is 0.00365. The molecule has 0 unspecified atom stereocenters. The molecule has 0 aromatic heterocycles. The van der Waals surface area contributed by atoms with Gasteiger partial charge < -0.3 is 4.74 Å². The zero-order chi connectivity index (χ0) is 10.7. The van der Waals surface area contributed by atoms with Crippen molar-refractivity contribution < 1.29 is 9.53 Å². The molecule has 1 aliphatic rings. The molecule has 2 heteroatoms. The van der Waals surface area contributed by atoms with Crippen LogP contribution in [0.15, 0.2) is 0 Å². The van der Waals surface area contributed by atoms with E-state index in [0.717, 1.165) is 19.3 Å². The lowest BCUT2D eigenvalue weighted by Crippen LogP contribution is -2.39. The Hall–Kier alpha value is -0.530. The van der Waals surface area contributed by atoms with E-state index in [2.05, 4.69) is 20.8 Å². The molecule has 1 fully saturated rings. The van der Waals surface area contributed by atoms with Crippen LogP contribution in [0, 0.1) is 17.8 Å². The van der Waals surface area contributed by atoms with Crippen molar-refractivity contribution in [2.75, 3.05) is 0 Å². The van der Waals surface area contributed by atoms with Crippen molar-refractivity contribution in [2.24, 2.45) is 17.8 Å². The van der Waals surface area contributed by atoms with Gasteiger partial charge in [-0.2, -0.15) is 0 Å². The fraction of sp³-hybridized carbons (Fsp3) is 0.917. The molecule has 0 amide bonds. The molecular weight excluding hydrogens is 180 g/mol. The lowest BCUT2D eigenvalue weighted by molar-refractivity contribution is -0.168. The lowest BCUT2D eigenvalue weighted by Gasteiger charge is -2.35. The van der Waals surface area contributed by atoms with Crippen molar-refractivity contribution in [2.45, 2.75) is 53.1 Å². The summed E-state index contributed by atoms with van der Waals surface area (Å²) in [5.41, 5.74) is 0. The first-order valence-electron chi connectivity index (χ1n) is 5.76. The number of hydrogen-bond donors (Lipinski definition) is 0. The van der Waals surface area contributed by atoms with E-state index >= 15 is 0 Å². The maximum atomic E-state index is 11.4. The van der Waals surface area contributed by atoms with E-state index in [0.29, 0.717) is 11.8 Å². The molecule has 1 rings (SSSR count). The third kappa shape index (κ3) is 2.49. The molecule has 0 spiro atoms. The summed E-state index contributed by atoms with van der Waals surface area (Å²) in [7, 11) is 0. The Labute approximate surface area is 87.0 Å². The summed E-state index contributed by atoms with van der Waals surface area (Å²) in [4.78, 5) is 11.4. The van der Waals surface area contributed by atoms with E-state index in [1.807, 2.05) is 6.92 Å². The Bertz CT molecular complexity index is 196. The van der Waals surface area contributed by atoms with Crippen LogP contribution in [0.25, 0.3) is 0 Å². The van der Waals surface area contributed by atoms with Gasteiger partial charge in [0.15, 0.2) is 0 Å². The third-order valence-corrected chi connectivity index (χ3v) is 3.25. The molecule has 2 nitrogen and oxygen atoms in total. The van der Waals surface area contributed by atoms with Gasteiger partial charge in [-0.1, -0.05) is 34.1 Å². The number of cyclic esters (lactones) is 1. The highest BCUT2D eigenvalue weighted by atomic mass is 16.7. The van der Waals surface area contributed by atoms with Crippen LogP contribution in [0.1, 0.15) is 47.0 Å². The summed E-state index contributed by atoms with van der Waals surface area (Å²) < 4.78 is 5.49. The molecule has 0 aliphatic carbocycles. The number of hydrogen-bond acceptors (Lipinski definition) is 2. The van der Waals surface area contributed by atoms with E-state index in [9.17, 15) is 4.79 Å². The summed E-state index contributed by atoms with van der Waals surface area (Å²) in [5.74, 6) is 1.11. The number of carbonyl (C=O) groups excluding carboxylic acids is 1. The van der Waals surface area contributed by atoms with Gasteiger partial charge in [-0.3, -0.25) is 4.79 Å². The zero-order valence-electron chi connectivity index (χ0n) is 9.75. The van der Waals surface area contributed by atoms with E-state index in [1.165, 1.54) is 0 Å². The summed E-state index contributed by atoms with van der Waals surface area (Å²) in [6.07, 6.45) is 3.45. The minimum Gasteiger partial charge on any atom is -0.462 e. The van der Waals surface area contributed by atoms with Crippen molar-refractivity contribution in [3.8, 4) is 0 Å². The Morgan fingerprint density at radius 3 is 2.71 bits per heavy atom. The van der Waals surface area contributed by atoms with E-state index in [1.54, 1.807) is 0 Å². The van der Waals surface area contributed by atoms with Crippen LogP contribution in [-0.2, 0) is 9.53 Å². The van der Waals surface area contributed by atoms with Crippen molar-refractivity contribution >= 4 is 5.97 Å². The first kappa shape index (κ1) is 11.5. The molecule has 1 saturated heterocycles. The van der Waals surface area contributed by atoms with Crippen molar-refractivity contribution in [1.82, 2.24) is 0 Å². The van der Waals surface area contributed by atoms with Crippen molar-refractivity contribution in [3.05, 3.63) is 0 Å². The highest BCUT2D eigenvalue weighted by molar-refractivity contribution is 5.73. The highest BCUT2D eigenvalue weighted by Gasteiger charge is 2.35. The van der Waals surface area contributed by atoms with Crippen LogP contribution in [-0.4, -0.2) is 12.1 Å². The zero-order valence-corrected chi connectivity index (χ0v) is 9.75. The predicted octanol–water partition coefficient (Wildman–Crippen LogP) is 3.01. The number of esters is 1. The molecule has 0 aromatic rings. The monoisotopic (exact) mass is 202 g/mol. The van der Waals surface area contributed by atoms with Crippen LogP contribution in [0.3, 0.4) is 0 Å². The van der Waals surface area contributed by atoms with Gasteiger partial charge in [-0.15, -0.1) is 0 Å². The van der Waals surface area contributed by atoms with Crippen LogP contribution in [0.2, 0.25) is 0 Å². The van der Waals surface area contributed by atoms with Gasteiger partial charge in [0.2, 0.25) is 0 Å². The normalized spacial score (nSPS) is 35.1. The fourth-order valence-corrected chi connectivity index (χ4v) is 2.45. The molecule has 0 saturated carbocycles. The van der Waals surface area contributed by atoms with Crippen LogP contribution < -0.4 is 0 Å². The molecule has 1 aliphatic heterocycles. The molecule has 14 heavy (non-hydrogen) atoms. The van der Waals surface area contributed by atoms with Gasteiger partial charge in [-0.05, 0) is 24.7 Å². The second-order valence-corrected chi connectivity index (χ2v) is 4.78. The van der Waals surface area contributed by atoms with Crippen LogP contribution >= 0.6 is 0 Å². The Morgan fingerprint density at radius 2 is 2.14 bits per heavy atom. The van der Waals surface area contributed by atoms with Gasteiger partial charge in [0.05, 0.1) is 5.92 Å². The maximum Gasteiger partial charge on any atom is 0.308 e. The average Bonchev–Trinajstić information content (AvgIpc) is 2.11. The lowest BCUT2D eigenvalue weighted by atomic mass is 10.2. The van der Waals surface area contributed by atoms with Crippen LogP contribution in [0.4, 0.5) is 0 Å². The topological polar surface area (TPSA) is 26.3 Å². The molecule has 1 heterocycles. The SMILES string of the molecule is CC[13CH2][C@H](C)[13C@H]1O[13C](=O)[C@@H](C)[13CH2][C@H]1C. The molecule has 4 atom stereocenters. The fourth-order valence-electron chi connectivity index (χ4n) is 2.45. The van der Waals surface area contributed by atoms with Crippen LogP contribution in [0.5, 0.6) is 0 Å². The highest BCUT2D eigenvalue weighted by Crippen LogP contribution is 2.31. The summed E-state index contributed by atoms with van der Waals surface area (Å²) >= 11 is 0. The quantitative estimate of drug-likeness (QED) is 0.519. The smallest absolute Gasteiger partial charge is 0.308 e. The van der Waals surface area contributed by atoms with E-state index < -0.39 is 0 Å². The standard InChI is InChI=1S/C12H22O2/c1-5-6-8(2)11-9(3)7-10(4)12(13)14-11/h8-11H,5-7H2,1-4H3/t8-,9+,10-,11+/m0/s1/i6+1,7+1,11+1,12+1. The van der Waals surface area contributed by atoms with Crippen molar-refractivity contribution in [1.29, 1.82) is 0 Å². The summed E-state index contributed by atoms with van der Waals surface area (Å²) in [5, 5.41) is 0. The molecule has 82 valence electrons. The maximum absolute atomic E-state index is 11.4. The summed E-state index contributed by atoms with van der Waals surface area (Å²) in [6.45, 7) is 8.52. The second kappa shape index (κ2) is 4.81. The van der Waals surface area contributed by atoms with Gasteiger partial charge in [-0.25, -0.2) is 0 Å². The van der Waals surface area contributed by atoms with Gasteiger partial charge in [0.25, 0.3) is 0 Å².